The predicted molar refractivity (Wildman–Crippen MR) is 115 cm³/mol. The molecule has 0 N–H and O–H groups in total. The van der Waals surface area contributed by atoms with Crippen LogP contribution in [0, 0.1) is 0 Å². The SMILES string of the molecule is CN(C)CCN(C)c1nc(-c2ccccc2)nc(Cl)c1/N=N/c1ccccc1. The lowest BCUT2D eigenvalue weighted by molar-refractivity contribution is 0.416. The average Bonchev–Trinajstić information content (AvgIpc) is 2.72. The fourth-order valence-electron chi connectivity index (χ4n) is 2.54. The first kappa shape index (κ1) is 19.9. The number of halogens is 1. The number of anilines is 1. The quantitative estimate of drug-likeness (QED) is 0.407. The Balaban J connectivity index is 2.02. The van der Waals surface area contributed by atoms with Crippen LogP contribution in [0.3, 0.4) is 0 Å². The molecule has 0 aliphatic carbocycles. The topological polar surface area (TPSA) is 57.0 Å². The monoisotopic (exact) mass is 394 g/mol. The van der Waals surface area contributed by atoms with Gasteiger partial charge in [-0.15, -0.1) is 5.11 Å². The standard InChI is InChI=1S/C21H23ClN6/c1-27(2)14-15-28(3)21-18(26-25-17-12-8-5-9-13-17)19(22)23-20(24-21)16-10-6-4-7-11-16/h4-13H,14-15H2,1-3H3/b26-25+. The fourth-order valence-corrected chi connectivity index (χ4v) is 2.75. The van der Waals surface area contributed by atoms with Crippen molar-refractivity contribution in [1.82, 2.24) is 14.9 Å². The second kappa shape index (κ2) is 9.39. The van der Waals surface area contributed by atoms with Gasteiger partial charge in [0.2, 0.25) is 0 Å². The van der Waals surface area contributed by atoms with Gasteiger partial charge in [-0.05, 0) is 26.2 Å². The molecule has 0 spiro atoms. The highest BCUT2D eigenvalue weighted by Gasteiger charge is 2.18. The van der Waals surface area contributed by atoms with Crippen molar-refractivity contribution in [3.05, 3.63) is 65.8 Å². The van der Waals surface area contributed by atoms with Gasteiger partial charge in [-0.1, -0.05) is 60.1 Å². The predicted octanol–water partition coefficient (Wildman–Crippen LogP) is 5.21. The number of benzene rings is 2. The largest absolute Gasteiger partial charge is 0.356 e. The second-order valence-electron chi connectivity index (χ2n) is 6.64. The Labute approximate surface area is 170 Å². The third kappa shape index (κ3) is 5.12. The highest BCUT2D eigenvalue weighted by molar-refractivity contribution is 6.32. The number of hydrogen-bond donors (Lipinski definition) is 0. The van der Waals surface area contributed by atoms with E-state index in [1.54, 1.807) is 0 Å². The van der Waals surface area contributed by atoms with E-state index in [-0.39, 0.29) is 5.15 Å². The van der Waals surface area contributed by atoms with Crippen LogP contribution in [0.4, 0.5) is 17.2 Å². The van der Waals surface area contributed by atoms with E-state index >= 15 is 0 Å². The van der Waals surface area contributed by atoms with Crippen molar-refractivity contribution in [1.29, 1.82) is 0 Å². The Morgan fingerprint density at radius 1 is 0.821 bits per heavy atom. The summed E-state index contributed by atoms with van der Waals surface area (Å²) < 4.78 is 0. The van der Waals surface area contributed by atoms with Crippen molar-refractivity contribution >= 4 is 28.8 Å². The van der Waals surface area contributed by atoms with E-state index in [1.165, 1.54) is 0 Å². The summed E-state index contributed by atoms with van der Waals surface area (Å²) in [6.07, 6.45) is 0. The minimum atomic E-state index is 0.278. The van der Waals surface area contributed by atoms with Gasteiger partial charge in [0, 0.05) is 25.7 Å². The van der Waals surface area contributed by atoms with Gasteiger partial charge in [-0.3, -0.25) is 0 Å². The fraction of sp³-hybridized carbons (Fsp3) is 0.238. The third-order valence-electron chi connectivity index (χ3n) is 4.12. The van der Waals surface area contributed by atoms with Crippen LogP contribution in [0.1, 0.15) is 0 Å². The maximum absolute atomic E-state index is 6.52. The molecule has 0 bridgehead atoms. The van der Waals surface area contributed by atoms with E-state index < -0.39 is 0 Å². The molecule has 6 nitrogen and oxygen atoms in total. The summed E-state index contributed by atoms with van der Waals surface area (Å²) in [4.78, 5) is 13.4. The van der Waals surface area contributed by atoms with Gasteiger partial charge in [-0.25, -0.2) is 9.97 Å². The first-order chi connectivity index (χ1) is 13.5. The zero-order valence-electron chi connectivity index (χ0n) is 16.2. The number of rotatable bonds is 7. The van der Waals surface area contributed by atoms with Crippen LogP contribution >= 0.6 is 11.6 Å². The van der Waals surface area contributed by atoms with Crippen LogP contribution < -0.4 is 4.90 Å². The second-order valence-corrected chi connectivity index (χ2v) is 6.99. The molecule has 0 aliphatic heterocycles. The van der Waals surface area contributed by atoms with E-state index in [0.29, 0.717) is 17.3 Å². The summed E-state index contributed by atoms with van der Waals surface area (Å²) >= 11 is 6.52. The number of hydrogen-bond acceptors (Lipinski definition) is 6. The molecule has 0 amide bonds. The number of aromatic nitrogens is 2. The van der Waals surface area contributed by atoms with Crippen molar-refractivity contribution in [3.8, 4) is 11.4 Å². The molecule has 0 unspecified atom stereocenters. The molecule has 1 heterocycles. The molecular formula is C21H23ClN6. The molecule has 0 fully saturated rings. The minimum Gasteiger partial charge on any atom is -0.356 e. The molecular weight excluding hydrogens is 372 g/mol. The Bertz CT molecular complexity index is 928. The van der Waals surface area contributed by atoms with E-state index in [1.807, 2.05) is 86.7 Å². The normalized spacial score (nSPS) is 11.3. The smallest absolute Gasteiger partial charge is 0.165 e. The van der Waals surface area contributed by atoms with Crippen LogP contribution in [-0.4, -0.2) is 49.1 Å². The molecule has 3 rings (SSSR count). The van der Waals surface area contributed by atoms with E-state index in [4.69, 9.17) is 16.6 Å². The van der Waals surface area contributed by atoms with Crippen molar-refractivity contribution < 1.29 is 0 Å². The van der Waals surface area contributed by atoms with Crippen molar-refractivity contribution in [2.45, 2.75) is 0 Å². The highest BCUT2D eigenvalue weighted by atomic mass is 35.5. The lowest BCUT2D eigenvalue weighted by atomic mass is 10.2. The van der Waals surface area contributed by atoms with Gasteiger partial charge < -0.3 is 9.80 Å². The Kier molecular flexibility index (Phi) is 6.68. The van der Waals surface area contributed by atoms with Crippen LogP contribution in [0.2, 0.25) is 5.15 Å². The summed E-state index contributed by atoms with van der Waals surface area (Å²) in [6.45, 7) is 1.64. The zero-order valence-corrected chi connectivity index (χ0v) is 17.0. The van der Waals surface area contributed by atoms with Gasteiger partial charge >= 0.3 is 0 Å². The molecule has 0 atom stereocenters. The molecule has 28 heavy (non-hydrogen) atoms. The van der Waals surface area contributed by atoms with Crippen molar-refractivity contribution in [2.75, 3.05) is 39.1 Å². The lowest BCUT2D eigenvalue weighted by Gasteiger charge is -2.22. The Morgan fingerprint density at radius 3 is 2.11 bits per heavy atom. The first-order valence-electron chi connectivity index (χ1n) is 9.00. The van der Waals surface area contributed by atoms with Gasteiger partial charge in [0.25, 0.3) is 0 Å². The van der Waals surface area contributed by atoms with Crippen molar-refractivity contribution in [2.24, 2.45) is 10.2 Å². The van der Waals surface area contributed by atoms with Gasteiger partial charge in [0.05, 0.1) is 5.69 Å². The number of azo groups is 1. The molecule has 1 aromatic heterocycles. The molecule has 0 radical (unpaired) electrons. The zero-order chi connectivity index (χ0) is 19.9. The summed E-state index contributed by atoms with van der Waals surface area (Å²) in [5.41, 5.74) is 2.11. The lowest BCUT2D eigenvalue weighted by Crippen LogP contribution is -2.29. The average molecular weight is 395 g/mol. The first-order valence-corrected chi connectivity index (χ1v) is 9.38. The molecule has 0 aliphatic rings. The van der Waals surface area contributed by atoms with Crippen LogP contribution in [0.25, 0.3) is 11.4 Å². The van der Waals surface area contributed by atoms with Crippen LogP contribution in [-0.2, 0) is 0 Å². The summed E-state index contributed by atoms with van der Waals surface area (Å²) in [5.74, 6) is 1.22. The molecule has 144 valence electrons. The third-order valence-corrected chi connectivity index (χ3v) is 4.38. The molecule has 3 aromatic rings. The Morgan fingerprint density at radius 2 is 1.46 bits per heavy atom. The minimum absolute atomic E-state index is 0.278. The summed E-state index contributed by atoms with van der Waals surface area (Å²) in [7, 11) is 6.04. The Hall–Kier alpha value is -2.83. The van der Waals surface area contributed by atoms with Gasteiger partial charge in [0.1, 0.15) is 0 Å². The maximum atomic E-state index is 6.52. The maximum Gasteiger partial charge on any atom is 0.165 e. The van der Waals surface area contributed by atoms with Crippen LogP contribution in [0.15, 0.2) is 70.9 Å². The molecule has 0 saturated heterocycles. The van der Waals surface area contributed by atoms with Gasteiger partial charge in [-0.2, -0.15) is 5.11 Å². The molecule has 2 aromatic carbocycles. The highest BCUT2D eigenvalue weighted by Crippen LogP contribution is 2.35. The molecule has 0 saturated carbocycles. The summed E-state index contributed by atoms with van der Waals surface area (Å²) in [6, 6.07) is 19.3. The van der Waals surface area contributed by atoms with Gasteiger partial charge in [0.15, 0.2) is 22.5 Å². The van der Waals surface area contributed by atoms with Crippen molar-refractivity contribution in [3.63, 3.8) is 0 Å². The van der Waals surface area contributed by atoms with E-state index in [9.17, 15) is 0 Å². The van der Waals surface area contributed by atoms with E-state index in [0.717, 1.165) is 24.3 Å². The summed E-state index contributed by atoms with van der Waals surface area (Å²) in [5, 5.41) is 8.95. The molecule has 7 heteroatoms. The number of likely N-dealkylation sites (N-methyl/N-ethyl adjacent to an activating group) is 2. The van der Waals surface area contributed by atoms with Crippen LogP contribution in [0.5, 0.6) is 0 Å². The number of nitrogens with zero attached hydrogens (tertiary/aromatic N) is 6. The van der Waals surface area contributed by atoms with E-state index in [2.05, 4.69) is 20.1 Å².